The number of piperazine rings is 1. The van der Waals surface area contributed by atoms with E-state index in [2.05, 4.69) is 14.9 Å². The third-order valence-electron chi connectivity index (χ3n) is 5.12. The van der Waals surface area contributed by atoms with Gasteiger partial charge in [0.2, 0.25) is 0 Å². The van der Waals surface area contributed by atoms with E-state index in [0.29, 0.717) is 31.9 Å². The average Bonchev–Trinajstić information content (AvgIpc) is 2.79. The van der Waals surface area contributed by atoms with Gasteiger partial charge in [-0.15, -0.1) is 0 Å². The van der Waals surface area contributed by atoms with Crippen LogP contribution in [0.25, 0.3) is 11.3 Å². The molecule has 0 bridgehead atoms. The Morgan fingerprint density at radius 2 is 1.72 bits per heavy atom. The van der Waals surface area contributed by atoms with E-state index in [-0.39, 0.29) is 17.0 Å². The molecule has 0 aliphatic carbocycles. The Balaban J connectivity index is 1.47. The molecule has 0 radical (unpaired) electrons. The number of rotatable bonds is 4. The molecule has 0 atom stereocenters. The third kappa shape index (κ3) is 3.85. The number of carbonyl (C=O) groups excluding carboxylic acids is 1. The molecule has 2 aromatic heterocycles. The predicted octanol–water partition coefficient (Wildman–Crippen LogP) is 2.41. The number of methoxy groups -OCH3 is 1. The number of aromatic amines is 1. The summed E-state index contributed by atoms with van der Waals surface area (Å²) in [5, 5.41) is 0. The molecule has 0 unspecified atom stereocenters. The number of aromatic nitrogens is 2. The SMILES string of the molecule is COc1ccccc1N1CCN(C(=O)c2ccc(-c3ccncc3)[nH]c2=O)CC1. The van der Waals surface area contributed by atoms with Crippen molar-refractivity contribution in [3.63, 3.8) is 0 Å². The zero-order chi connectivity index (χ0) is 20.2. The molecule has 1 amide bonds. The molecule has 1 aromatic carbocycles. The highest BCUT2D eigenvalue weighted by atomic mass is 16.5. The molecule has 29 heavy (non-hydrogen) atoms. The number of carbonyl (C=O) groups is 1. The van der Waals surface area contributed by atoms with Crippen LogP contribution in [-0.2, 0) is 0 Å². The van der Waals surface area contributed by atoms with Crippen molar-refractivity contribution < 1.29 is 9.53 Å². The summed E-state index contributed by atoms with van der Waals surface area (Å²) >= 11 is 0. The van der Waals surface area contributed by atoms with Crippen LogP contribution in [0.5, 0.6) is 5.75 Å². The van der Waals surface area contributed by atoms with E-state index in [9.17, 15) is 9.59 Å². The van der Waals surface area contributed by atoms with Crippen LogP contribution in [0.2, 0.25) is 0 Å². The van der Waals surface area contributed by atoms with Crippen molar-refractivity contribution >= 4 is 11.6 Å². The summed E-state index contributed by atoms with van der Waals surface area (Å²) in [6.07, 6.45) is 3.32. The Bertz CT molecular complexity index is 1060. The minimum atomic E-state index is -0.378. The Morgan fingerprint density at radius 1 is 1.00 bits per heavy atom. The topological polar surface area (TPSA) is 78.5 Å². The van der Waals surface area contributed by atoms with Crippen molar-refractivity contribution in [3.8, 4) is 17.0 Å². The molecule has 0 spiro atoms. The molecule has 1 N–H and O–H groups in total. The van der Waals surface area contributed by atoms with Crippen LogP contribution in [-0.4, -0.2) is 54.1 Å². The number of ether oxygens (including phenoxy) is 1. The molecule has 1 saturated heterocycles. The van der Waals surface area contributed by atoms with Crippen molar-refractivity contribution in [2.75, 3.05) is 38.2 Å². The molecule has 1 fully saturated rings. The Hall–Kier alpha value is -3.61. The fraction of sp³-hybridized carbons (Fsp3) is 0.227. The first-order valence-electron chi connectivity index (χ1n) is 9.48. The number of H-pyrrole nitrogens is 1. The number of amides is 1. The molecule has 7 heteroatoms. The first kappa shape index (κ1) is 18.7. The number of para-hydroxylation sites is 2. The number of nitrogens with one attached hydrogen (secondary N) is 1. The predicted molar refractivity (Wildman–Crippen MR) is 111 cm³/mol. The van der Waals surface area contributed by atoms with Gasteiger partial charge >= 0.3 is 0 Å². The highest BCUT2D eigenvalue weighted by Crippen LogP contribution is 2.28. The average molecular weight is 390 g/mol. The number of nitrogens with zero attached hydrogens (tertiary/aromatic N) is 3. The summed E-state index contributed by atoms with van der Waals surface area (Å²) in [6.45, 7) is 2.45. The summed E-state index contributed by atoms with van der Waals surface area (Å²) < 4.78 is 5.43. The first-order chi connectivity index (χ1) is 14.2. The van der Waals surface area contributed by atoms with Crippen molar-refractivity contribution in [1.29, 1.82) is 0 Å². The number of anilines is 1. The second-order valence-electron chi connectivity index (χ2n) is 6.80. The molecule has 3 aromatic rings. The number of hydrogen-bond donors (Lipinski definition) is 1. The lowest BCUT2D eigenvalue weighted by Crippen LogP contribution is -2.49. The van der Waals surface area contributed by atoms with Gasteiger partial charge in [-0.2, -0.15) is 0 Å². The smallest absolute Gasteiger partial charge is 0.261 e. The number of benzene rings is 1. The maximum Gasteiger partial charge on any atom is 0.261 e. The van der Waals surface area contributed by atoms with Gasteiger partial charge in [-0.05, 0) is 36.4 Å². The lowest BCUT2D eigenvalue weighted by molar-refractivity contribution is 0.0745. The van der Waals surface area contributed by atoms with Crippen LogP contribution in [0.4, 0.5) is 5.69 Å². The van der Waals surface area contributed by atoms with E-state index in [1.165, 1.54) is 0 Å². The van der Waals surface area contributed by atoms with E-state index in [1.807, 2.05) is 36.4 Å². The van der Waals surface area contributed by atoms with Gasteiger partial charge < -0.3 is 19.5 Å². The standard InChI is InChI=1S/C22H22N4O3/c1-29-20-5-3-2-4-19(20)25-12-14-26(15-13-25)22(28)17-6-7-18(24-21(17)27)16-8-10-23-11-9-16/h2-11H,12-15H2,1H3,(H,24,27). The summed E-state index contributed by atoms with van der Waals surface area (Å²) in [4.78, 5) is 36.1. The zero-order valence-electron chi connectivity index (χ0n) is 16.2. The van der Waals surface area contributed by atoms with Crippen molar-refractivity contribution in [2.45, 2.75) is 0 Å². The molecule has 4 rings (SSSR count). The Labute approximate surface area is 168 Å². The van der Waals surface area contributed by atoms with Crippen LogP contribution < -0.4 is 15.2 Å². The monoisotopic (exact) mass is 390 g/mol. The van der Waals surface area contributed by atoms with Gasteiger partial charge in [0.15, 0.2) is 0 Å². The van der Waals surface area contributed by atoms with E-state index in [4.69, 9.17) is 4.74 Å². The van der Waals surface area contributed by atoms with Gasteiger partial charge in [-0.3, -0.25) is 14.6 Å². The molecule has 3 heterocycles. The summed E-state index contributed by atoms with van der Waals surface area (Å²) in [7, 11) is 1.65. The Morgan fingerprint density at radius 3 is 2.41 bits per heavy atom. The fourth-order valence-electron chi connectivity index (χ4n) is 3.55. The van der Waals surface area contributed by atoms with Gasteiger partial charge in [-0.1, -0.05) is 12.1 Å². The molecular weight excluding hydrogens is 368 g/mol. The van der Waals surface area contributed by atoms with Crippen LogP contribution >= 0.6 is 0 Å². The highest BCUT2D eigenvalue weighted by Gasteiger charge is 2.25. The second-order valence-corrected chi connectivity index (χ2v) is 6.80. The quantitative estimate of drug-likeness (QED) is 0.740. The van der Waals surface area contributed by atoms with Crippen molar-refractivity contribution in [2.24, 2.45) is 0 Å². The Kier molecular flexibility index (Phi) is 5.29. The molecule has 1 aliphatic rings. The lowest BCUT2D eigenvalue weighted by atomic mass is 10.1. The van der Waals surface area contributed by atoms with Crippen LogP contribution in [0.3, 0.4) is 0 Å². The van der Waals surface area contributed by atoms with Crippen LogP contribution in [0.1, 0.15) is 10.4 Å². The molecule has 0 saturated carbocycles. The lowest BCUT2D eigenvalue weighted by Gasteiger charge is -2.36. The zero-order valence-corrected chi connectivity index (χ0v) is 16.2. The van der Waals surface area contributed by atoms with Gasteiger partial charge in [-0.25, -0.2) is 0 Å². The largest absolute Gasteiger partial charge is 0.495 e. The third-order valence-corrected chi connectivity index (χ3v) is 5.12. The molecule has 148 valence electrons. The highest BCUT2D eigenvalue weighted by molar-refractivity contribution is 5.94. The van der Waals surface area contributed by atoms with Gasteiger partial charge in [0.25, 0.3) is 11.5 Å². The number of pyridine rings is 2. The van der Waals surface area contributed by atoms with E-state index < -0.39 is 0 Å². The summed E-state index contributed by atoms with van der Waals surface area (Å²) in [6, 6.07) is 14.8. The second kappa shape index (κ2) is 8.18. The van der Waals surface area contributed by atoms with E-state index in [0.717, 1.165) is 17.0 Å². The minimum Gasteiger partial charge on any atom is -0.495 e. The van der Waals surface area contributed by atoms with Crippen molar-refractivity contribution in [3.05, 3.63) is 76.8 Å². The molecule has 7 nitrogen and oxygen atoms in total. The molecular formula is C22H22N4O3. The van der Waals surface area contributed by atoms with Crippen LogP contribution in [0.15, 0.2) is 65.7 Å². The van der Waals surface area contributed by atoms with Crippen LogP contribution in [0, 0.1) is 0 Å². The van der Waals surface area contributed by atoms with Gasteiger partial charge in [0.1, 0.15) is 11.3 Å². The van der Waals surface area contributed by atoms with E-state index >= 15 is 0 Å². The van der Waals surface area contributed by atoms with E-state index in [1.54, 1.807) is 36.5 Å². The summed E-state index contributed by atoms with van der Waals surface area (Å²) in [5.41, 5.74) is 2.31. The molecule has 1 aliphatic heterocycles. The van der Waals surface area contributed by atoms with Crippen molar-refractivity contribution in [1.82, 2.24) is 14.9 Å². The maximum absolute atomic E-state index is 12.9. The van der Waals surface area contributed by atoms with Gasteiger partial charge in [0.05, 0.1) is 12.8 Å². The fourth-order valence-corrected chi connectivity index (χ4v) is 3.55. The normalized spacial score (nSPS) is 14.0. The number of hydrogen-bond acceptors (Lipinski definition) is 5. The van der Waals surface area contributed by atoms with Gasteiger partial charge in [0, 0.05) is 49.8 Å². The minimum absolute atomic E-state index is 0.161. The summed E-state index contributed by atoms with van der Waals surface area (Å²) in [5.74, 6) is 0.572. The maximum atomic E-state index is 12.9. The first-order valence-corrected chi connectivity index (χ1v) is 9.48.